The van der Waals surface area contributed by atoms with Crippen molar-refractivity contribution in [3.63, 3.8) is 0 Å². The fourth-order valence-corrected chi connectivity index (χ4v) is 7.57. The van der Waals surface area contributed by atoms with Gasteiger partial charge in [0.05, 0.1) is 5.56 Å². The van der Waals surface area contributed by atoms with Gasteiger partial charge in [-0.2, -0.15) is 0 Å². The van der Waals surface area contributed by atoms with Crippen molar-refractivity contribution in [3.05, 3.63) is 101 Å². The monoisotopic (exact) mass is 601 g/mol. The molecule has 1 unspecified atom stereocenters. The van der Waals surface area contributed by atoms with Crippen LogP contribution in [-0.4, -0.2) is 54.0 Å². The highest BCUT2D eigenvalue weighted by molar-refractivity contribution is 7.90. The third-order valence-electron chi connectivity index (χ3n) is 8.36. The molecule has 1 saturated carbocycles. The number of sulfonamides is 1. The molecule has 1 aliphatic heterocycles. The first kappa shape index (κ1) is 30.5. The highest BCUT2D eigenvalue weighted by Crippen LogP contribution is 2.30. The quantitative estimate of drug-likeness (QED) is 0.333. The standard InChI is InChI=1S/C34H39N3O5S/c1-25-18-20-27(21-19-25)24-36(30(23-26-11-4-2-5-12-26)33(39)35-28-13-6-3-7-14-28)32(38)17-10-22-37-34(40)29-15-8-9-16-31(29)43(37,41)42/h2,4-5,8-9,11-12,15-16,18-21,28,30H,3,6-7,10,13-14,17,22-24H2,1H3,(H,35,39). The van der Waals surface area contributed by atoms with Crippen molar-refractivity contribution in [1.29, 1.82) is 0 Å². The number of hydrogen-bond donors (Lipinski definition) is 1. The van der Waals surface area contributed by atoms with Gasteiger partial charge in [-0.1, -0.05) is 91.6 Å². The van der Waals surface area contributed by atoms with Crippen LogP contribution in [0.5, 0.6) is 0 Å². The molecule has 0 spiro atoms. The first-order chi connectivity index (χ1) is 20.7. The summed E-state index contributed by atoms with van der Waals surface area (Å²) in [5, 5.41) is 3.23. The summed E-state index contributed by atoms with van der Waals surface area (Å²) in [6.07, 6.45) is 5.65. The van der Waals surface area contributed by atoms with Crippen LogP contribution >= 0.6 is 0 Å². The van der Waals surface area contributed by atoms with Crippen LogP contribution in [0, 0.1) is 6.92 Å². The summed E-state index contributed by atoms with van der Waals surface area (Å²) in [5.41, 5.74) is 3.09. The molecule has 2 aliphatic rings. The van der Waals surface area contributed by atoms with E-state index in [0.717, 1.165) is 53.1 Å². The maximum absolute atomic E-state index is 14.0. The lowest BCUT2D eigenvalue weighted by molar-refractivity contribution is -0.141. The van der Waals surface area contributed by atoms with Crippen molar-refractivity contribution >= 4 is 27.7 Å². The average Bonchev–Trinajstić information content (AvgIpc) is 3.21. The largest absolute Gasteiger partial charge is 0.352 e. The Bertz CT molecular complexity index is 1550. The molecule has 5 rings (SSSR count). The number of nitrogens with one attached hydrogen (secondary N) is 1. The van der Waals surface area contributed by atoms with E-state index < -0.39 is 22.0 Å². The van der Waals surface area contributed by atoms with Crippen LogP contribution in [0.1, 0.15) is 72.0 Å². The Morgan fingerprint density at radius 2 is 1.58 bits per heavy atom. The lowest BCUT2D eigenvalue weighted by Crippen LogP contribution is -2.52. The second-order valence-electron chi connectivity index (χ2n) is 11.5. The van der Waals surface area contributed by atoms with Crippen LogP contribution in [0.15, 0.2) is 83.8 Å². The summed E-state index contributed by atoms with van der Waals surface area (Å²) in [6, 6.07) is 23.0. The minimum Gasteiger partial charge on any atom is -0.352 e. The Kier molecular flexibility index (Phi) is 9.60. The minimum absolute atomic E-state index is 0.00497. The number of carbonyl (C=O) groups is 3. The fourth-order valence-electron chi connectivity index (χ4n) is 5.96. The topological polar surface area (TPSA) is 104 Å². The smallest absolute Gasteiger partial charge is 0.269 e. The maximum Gasteiger partial charge on any atom is 0.269 e. The zero-order valence-electron chi connectivity index (χ0n) is 24.6. The molecular formula is C34H39N3O5S. The van der Waals surface area contributed by atoms with Gasteiger partial charge in [0.1, 0.15) is 10.9 Å². The summed E-state index contributed by atoms with van der Waals surface area (Å²) in [4.78, 5) is 42.4. The number of rotatable bonds is 11. The van der Waals surface area contributed by atoms with E-state index in [2.05, 4.69) is 5.32 Å². The van der Waals surface area contributed by atoms with Crippen molar-refractivity contribution in [2.24, 2.45) is 0 Å². The number of fused-ring (bicyclic) bond motifs is 1. The van der Waals surface area contributed by atoms with E-state index in [9.17, 15) is 22.8 Å². The van der Waals surface area contributed by atoms with Crippen molar-refractivity contribution in [1.82, 2.24) is 14.5 Å². The van der Waals surface area contributed by atoms with Gasteiger partial charge in [-0.3, -0.25) is 14.4 Å². The Morgan fingerprint density at radius 1 is 0.907 bits per heavy atom. The third-order valence-corrected chi connectivity index (χ3v) is 10.2. The Morgan fingerprint density at radius 3 is 2.28 bits per heavy atom. The molecule has 3 aromatic carbocycles. The van der Waals surface area contributed by atoms with Gasteiger partial charge in [0, 0.05) is 32.0 Å². The zero-order chi connectivity index (χ0) is 30.4. The van der Waals surface area contributed by atoms with Gasteiger partial charge in [-0.05, 0) is 49.4 Å². The summed E-state index contributed by atoms with van der Waals surface area (Å²) in [7, 11) is -3.96. The van der Waals surface area contributed by atoms with E-state index >= 15 is 0 Å². The van der Waals surface area contributed by atoms with E-state index in [0.29, 0.717) is 6.42 Å². The highest BCUT2D eigenvalue weighted by atomic mass is 32.2. The molecule has 3 aromatic rings. The predicted octanol–water partition coefficient (Wildman–Crippen LogP) is 5.01. The zero-order valence-corrected chi connectivity index (χ0v) is 25.4. The van der Waals surface area contributed by atoms with Crippen molar-refractivity contribution in [2.75, 3.05) is 6.54 Å². The van der Waals surface area contributed by atoms with E-state index in [1.165, 1.54) is 12.1 Å². The molecule has 226 valence electrons. The maximum atomic E-state index is 14.0. The number of amides is 3. The second-order valence-corrected chi connectivity index (χ2v) is 13.4. The third kappa shape index (κ3) is 7.16. The molecule has 0 bridgehead atoms. The van der Waals surface area contributed by atoms with Crippen LogP contribution in [0.25, 0.3) is 0 Å². The van der Waals surface area contributed by atoms with E-state index in [-0.39, 0.29) is 54.2 Å². The molecule has 1 N–H and O–H groups in total. The molecule has 9 heteroatoms. The molecular weight excluding hydrogens is 562 g/mol. The second kappa shape index (κ2) is 13.5. The number of nitrogens with zero attached hydrogens (tertiary/aromatic N) is 2. The van der Waals surface area contributed by atoms with E-state index in [1.807, 2.05) is 61.5 Å². The summed E-state index contributed by atoms with van der Waals surface area (Å²) in [6.45, 7) is 2.12. The van der Waals surface area contributed by atoms with Crippen LogP contribution in [-0.2, 0) is 32.6 Å². The van der Waals surface area contributed by atoms with Crippen molar-refractivity contribution in [3.8, 4) is 0 Å². The van der Waals surface area contributed by atoms with Gasteiger partial charge in [0.15, 0.2) is 0 Å². The first-order valence-corrected chi connectivity index (χ1v) is 16.5. The molecule has 1 heterocycles. The molecule has 1 atom stereocenters. The van der Waals surface area contributed by atoms with Gasteiger partial charge < -0.3 is 10.2 Å². The van der Waals surface area contributed by atoms with E-state index in [1.54, 1.807) is 17.0 Å². The molecule has 0 aromatic heterocycles. The predicted molar refractivity (Wildman–Crippen MR) is 165 cm³/mol. The fraction of sp³-hybridized carbons (Fsp3) is 0.382. The average molecular weight is 602 g/mol. The van der Waals surface area contributed by atoms with E-state index in [4.69, 9.17) is 0 Å². The van der Waals surface area contributed by atoms with Gasteiger partial charge >= 0.3 is 0 Å². The molecule has 1 fully saturated rings. The summed E-state index contributed by atoms with van der Waals surface area (Å²) >= 11 is 0. The lowest BCUT2D eigenvalue weighted by atomic mass is 9.94. The SMILES string of the molecule is Cc1ccc(CN(C(=O)CCCN2C(=O)c3ccccc3S2(=O)=O)C(Cc2ccccc2)C(=O)NC2CCCCC2)cc1. The molecule has 0 saturated heterocycles. The number of aryl methyl sites for hydroxylation is 1. The molecule has 8 nitrogen and oxygen atoms in total. The minimum atomic E-state index is -3.96. The molecule has 0 radical (unpaired) electrons. The Balaban J connectivity index is 1.37. The summed E-state index contributed by atoms with van der Waals surface area (Å²) in [5.74, 6) is -1.01. The number of carbonyl (C=O) groups excluding carboxylic acids is 3. The van der Waals surface area contributed by atoms with Crippen LogP contribution in [0.4, 0.5) is 0 Å². The van der Waals surface area contributed by atoms with Crippen molar-refractivity contribution < 1.29 is 22.8 Å². The highest BCUT2D eigenvalue weighted by Gasteiger charge is 2.40. The van der Waals surface area contributed by atoms with Crippen LogP contribution in [0.3, 0.4) is 0 Å². The Hall–Kier alpha value is -3.98. The van der Waals surface area contributed by atoms with Crippen LogP contribution in [0.2, 0.25) is 0 Å². The molecule has 1 aliphatic carbocycles. The van der Waals surface area contributed by atoms with Crippen molar-refractivity contribution in [2.45, 2.75) is 81.8 Å². The lowest BCUT2D eigenvalue weighted by Gasteiger charge is -2.33. The van der Waals surface area contributed by atoms with Gasteiger partial charge in [0.2, 0.25) is 11.8 Å². The summed E-state index contributed by atoms with van der Waals surface area (Å²) < 4.78 is 26.9. The normalized spacial score (nSPS) is 16.9. The first-order valence-electron chi connectivity index (χ1n) is 15.1. The molecule has 43 heavy (non-hydrogen) atoms. The Labute approximate surface area is 254 Å². The van der Waals surface area contributed by atoms with Gasteiger partial charge in [0.25, 0.3) is 15.9 Å². The van der Waals surface area contributed by atoms with Crippen LogP contribution < -0.4 is 5.32 Å². The molecule has 3 amide bonds. The number of benzene rings is 3. The number of hydrogen-bond acceptors (Lipinski definition) is 5. The van der Waals surface area contributed by atoms with Gasteiger partial charge in [-0.15, -0.1) is 0 Å². The van der Waals surface area contributed by atoms with Gasteiger partial charge in [-0.25, -0.2) is 12.7 Å².